The molecule has 132 valence electrons. The Bertz CT molecular complexity index is 761. The molecule has 1 fully saturated rings. The summed E-state index contributed by atoms with van der Waals surface area (Å²) < 4.78 is 4.25. The van der Waals surface area contributed by atoms with Crippen LogP contribution in [-0.2, 0) is 0 Å². The number of aryl methyl sites for hydroxylation is 1. The van der Waals surface area contributed by atoms with Crippen LogP contribution in [0.3, 0.4) is 0 Å². The molecule has 0 unspecified atom stereocenters. The second-order valence-electron chi connectivity index (χ2n) is 6.19. The first-order valence-electron chi connectivity index (χ1n) is 8.10. The summed E-state index contributed by atoms with van der Waals surface area (Å²) >= 11 is 0. The Labute approximate surface area is 146 Å². The van der Waals surface area contributed by atoms with Gasteiger partial charge in [0.2, 0.25) is 5.76 Å². The number of aromatic carboxylic acids is 1. The van der Waals surface area contributed by atoms with Crippen molar-refractivity contribution in [3.63, 3.8) is 0 Å². The Morgan fingerprint density at radius 1 is 1.44 bits per heavy atom. The van der Waals surface area contributed by atoms with Crippen molar-refractivity contribution in [3.05, 3.63) is 53.4 Å². The van der Waals surface area contributed by atoms with Crippen LogP contribution in [0.25, 0.3) is 0 Å². The number of aliphatic hydroxyl groups is 1. The molecule has 0 aliphatic heterocycles. The van der Waals surface area contributed by atoms with Crippen molar-refractivity contribution in [1.29, 1.82) is 0 Å². The maximum Gasteiger partial charge on any atom is 0.374 e. The Kier molecular flexibility index (Phi) is 6.34. The van der Waals surface area contributed by atoms with Crippen molar-refractivity contribution >= 4 is 5.97 Å². The first kappa shape index (κ1) is 18.7. The van der Waals surface area contributed by atoms with E-state index in [1.54, 1.807) is 0 Å². The molecule has 1 aliphatic carbocycles. The number of benzene rings is 1. The third-order valence-electron chi connectivity index (χ3n) is 3.87. The van der Waals surface area contributed by atoms with Crippen molar-refractivity contribution in [3.8, 4) is 11.8 Å². The number of rotatable bonds is 1. The van der Waals surface area contributed by atoms with E-state index in [1.807, 2.05) is 31.2 Å². The topological polar surface area (TPSA) is 110 Å². The van der Waals surface area contributed by atoms with E-state index >= 15 is 0 Å². The Balaban J connectivity index is 0.000000236. The van der Waals surface area contributed by atoms with Crippen molar-refractivity contribution in [1.82, 2.24) is 5.16 Å². The van der Waals surface area contributed by atoms with Gasteiger partial charge in [0.05, 0.1) is 6.20 Å². The molecule has 0 spiro atoms. The van der Waals surface area contributed by atoms with E-state index in [1.165, 1.54) is 17.8 Å². The van der Waals surface area contributed by atoms with E-state index < -0.39 is 11.6 Å². The lowest BCUT2D eigenvalue weighted by Crippen LogP contribution is -2.40. The van der Waals surface area contributed by atoms with Crippen molar-refractivity contribution in [2.75, 3.05) is 0 Å². The van der Waals surface area contributed by atoms with Crippen LogP contribution in [-0.4, -0.2) is 33.0 Å². The molecule has 0 radical (unpaired) electrons. The Morgan fingerprint density at radius 3 is 2.80 bits per heavy atom. The summed E-state index contributed by atoms with van der Waals surface area (Å²) in [4.78, 5) is 9.93. The molecule has 0 bridgehead atoms. The third-order valence-corrected chi connectivity index (χ3v) is 3.87. The van der Waals surface area contributed by atoms with Gasteiger partial charge in [-0.25, -0.2) is 4.79 Å². The molecular formula is C19H22N2O4. The molecule has 25 heavy (non-hydrogen) atoms. The molecule has 0 amide bonds. The van der Waals surface area contributed by atoms with Gasteiger partial charge in [-0.1, -0.05) is 29.1 Å². The van der Waals surface area contributed by atoms with Gasteiger partial charge in [-0.05, 0) is 43.9 Å². The molecule has 3 rings (SSSR count). The van der Waals surface area contributed by atoms with Gasteiger partial charge in [0, 0.05) is 24.1 Å². The lowest BCUT2D eigenvalue weighted by Gasteiger charge is -2.30. The van der Waals surface area contributed by atoms with Gasteiger partial charge in [-0.3, -0.25) is 0 Å². The van der Waals surface area contributed by atoms with E-state index in [9.17, 15) is 9.90 Å². The highest BCUT2D eigenvalue weighted by Gasteiger charge is 2.30. The monoisotopic (exact) mass is 342 g/mol. The van der Waals surface area contributed by atoms with Gasteiger partial charge in [-0.2, -0.15) is 0 Å². The molecule has 1 heterocycles. The molecule has 6 heteroatoms. The Hall–Kier alpha value is -2.62. The van der Waals surface area contributed by atoms with Crippen molar-refractivity contribution in [2.45, 2.75) is 44.2 Å². The number of carboxylic acid groups (broad SMARTS) is 1. The molecule has 0 saturated heterocycles. The highest BCUT2D eigenvalue weighted by Crippen LogP contribution is 2.26. The number of hydrogen-bond donors (Lipinski definition) is 3. The van der Waals surface area contributed by atoms with Gasteiger partial charge in [0.15, 0.2) is 0 Å². The van der Waals surface area contributed by atoms with Crippen LogP contribution in [0.1, 0.15) is 47.4 Å². The number of nitrogens with zero attached hydrogens (tertiary/aromatic N) is 1. The molecule has 1 aromatic heterocycles. The van der Waals surface area contributed by atoms with Crippen LogP contribution >= 0.6 is 0 Å². The molecule has 1 aromatic carbocycles. The number of carboxylic acids is 1. The third kappa shape index (κ3) is 6.07. The fraction of sp³-hybridized carbons (Fsp3) is 0.368. The first-order valence-corrected chi connectivity index (χ1v) is 8.10. The fourth-order valence-corrected chi connectivity index (χ4v) is 2.65. The Morgan fingerprint density at radius 2 is 2.24 bits per heavy atom. The maximum absolute atomic E-state index is 10.3. The van der Waals surface area contributed by atoms with Gasteiger partial charge in [0.1, 0.15) is 5.60 Å². The number of hydrogen-bond acceptors (Lipinski definition) is 5. The summed E-state index contributed by atoms with van der Waals surface area (Å²) in [6.45, 7) is 2.04. The summed E-state index contributed by atoms with van der Waals surface area (Å²) in [7, 11) is 0. The quantitative estimate of drug-likeness (QED) is 0.686. The van der Waals surface area contributed by atoms with Crippen LogP contribution in [0.15, 0.2) is 41.1 Å². The number of aromatic nitrogens is 1. The molecule has 1 aliphatic rings. The zero-order valence-corrected chi connectivity index (χ0v) is 14.1. The SMILES string of the molecule is Cc1cccc(C#C[C@]2(O)CCC[C@H](N)C2)c1.O=C(O)c1ccno1. The predicted octanol–water partition coefficient (Wildman–Crippen LogP) is 2.35. The highest BCUT2D eigenvalue weighted by atomic mass is 16.5. The average molecular weight is 342 g/mol. The second-order valence-corrected chi connectivity index (χ2v) is 6.19. The van der Waals surface area contributed by atoms with E-state index in [0.717, 1.165) is 24.8 Å². The number of carbonyl (C=O) groups is 1. The van der Waals surface area contributed by atoms with Crippen molar-refractivity contribution in [2.24, 2.45) is 5.73 Å². The normalized spacial score (nSPS) is 22.1. The van der Waals surface area contributed by atoms with Crippen molar-refractivity contribution < 1.29 is 19.5 Å². The number of nitrogens with two attached hydrogens (primary N) is 1. The van der Waals surface area contributed by atoms with E-state index in [4.69, 9.17) is 10.8 Å². The van der Waals surface area contributed by atoms with Crippen LogP contribution in [0.2, 0.25) is 0 Å². The van der Waals surface area contributed by atoms with Crippen LogP contribution in [0.4, 0.5) is 0 Å². The van der Waals surface area contributed by atoms with Gasteiger partial charge < -0.3 is 20.5 Å². The van der Waals surface area contributed by atoms with E-state index in [0.29, 0.717) is 6.42 Å². The summed E-state index contributed by atoms with van der Waals surface area (Å²) in [5.74, 6) is 4.83. The molecule has 4 N–H and O–H groups in total. The molecule has 1 saturated carbocycles. The van der Waals surface area contributed by atoms with Crippen LogP contribution in [0, 0.1) is 18.8 Å². The van der Waals surface area contributed by atoms with Gasteiger partial charge in [0.25, 0.3) is 0 Å². The standard InChI is InChI=1S/C15H19NO.C4H3NO3/c1-12-4-2-5-13(10-12)7-9-15(17)8-3-6-14(16)11-15;6-4(7)3-1-2-5-8-3/h2,4-5,10,14,17H,3,6,8,11,16H2,1H3;1-2H,(H,6,7)/t14-,15+;/m0./s1. The average Bonchev–Trinajstić information content (AvgIpc) is 3.08. The minimum atomic E-state index is -1.09. The lowest BCUT2D eigenvalue weighted by atomic mass is 9.82. The minimum Gasteiger partial charge on any atom is -0.475 e. The zero-order valence-electron chi connectivity index (χ0n) is 14.1. The largest absolute Gasteiger partial charge is 0.475 e. The van der Waals surface area contributed by atoms with Crippen LogP contribution < -0.4 is 5.73 Å². The molecule has 6 nitrogen and oxygen atoms in total. The lowest BCUT2D eigenvalue weighted by molar-refractivity contribution is 0.0532. The summed E-state index contributed by atoms with van der Waals surface area (Å²) in [5, 5.41) is 21.6. The first-order chi connectivity index (χ1) is 11.9. The smallest absolute Gasteiger partial charge is 0.374 e. The summed E-state index contributed by atoms with van der Waals surface area (Å²) in [6, 6.07) is 9.38. The van der Waals surface area contributed by atoms with E-state index in [2.05, 4.69) is 21.5 Å². The summed E-state index contributed by atoms with van der Waals surface area (Å²) in [5.41, 5.74) is 7.13. The highest BCUT2D eigenvalue weighted by molar-refractivity contribution is 5.83. The van der Waals surface area contributed by atoms with E-state index in [-0.39, 0.29) is 11.8 Å². The van der Waals surface area contributed by atoms with Gasteiger partial charge >= 0.3 is 5.97 Å². The van der Waals surface area contributed by atoms with Gasteiger partial charge in [-0.15, -0.1) is 0 Å². The minimum absolute atomic E-state index is 0.0839. The molecular weight excluding hydrogens is 320 g/mol. The molecule has 2 aromatic rings. The molecule has 2 atom stereocenters. The predicted molar refractivity (Wildman–Crippen MR) is 92.9 cm³/mol. The summed E-state index contributed by atoms with van der Waals surface area (Å²) in [6.07, 6.45) is 4.56. The maximum atomic E-state index is 10.3. The van der Waals surface area contributed by atoms with Crippen LogP contribution in [0.5, 0.6) is 0 Å². The second kappa shape index (κ2) is 8.47. The fourth-order valence-electron chi connectivity index (χ4n) is 2.65. The zero-order chi connectivity index (χ0) is 18.3.